The predicted molar refractivity (Wildman–Crippen MR) is 121 cm³/mol. The van der Waals surface area contributed by atoms with Crippen molar-refractivity contribution in [3.63, 3.8) is 0 Å². The van der Waals surface area contributed by atoms with E-state index in [1.165, 1.54) is 11.3 Å². The smallest absolute Gasteiger partial charge is 0.323 e. The number of pyridine rings is 1. The Morgan fingerprint density at radius 2 is 1.97 bits per heavy atom. The van der Waals surface area contributed by atoms with Gasteiger partial charge in [0.1, 0.15) is 5.52 Å². The summed E-state index contributed by atoms with van der Waals surface area (Å²) in [6, 6.07) is -0.0736. The number of carbonyl (C=O) groups is 1. The van der Waals surface area contributed by atoms with Crippen LogP contribution in [0.5, 0.6) is 5.88 Å². The van der Waals surface area contributed by atoms with Gasteiger partial charge in [0.15, 0.2) is 5.13 Å². The molecule has 2 amide bonds. The van der Waals surface area contributed by atoms with Crippen LogP contribution in [0.2, 0.25) is 0 Å². The zero-order valence-corrected chi connectivity index (χ0v) is 19.0. The second-order valence-electron chi connectivity index (χ2n) is 8.85. The van der Waals surface area contributed by atoms with Gasteiger partial charge in [-0.15, -0.1) is 0 Å². The molecule has 5 heterocycles. The summed E-state index contributed by atoms with van der Waals surface area (Å²) in [6.07, 6.45) is 4.99. The molecule has 0 atom stereocenters. The van der Waals surface area contributed by atoms with Crippen molar-refractivity contribution in [1.82, 2.24) is 19.8 Å². The molecule has 0 saturated carbocycles. The molecule has 0 radical (unpaired) electrons. The van der Waals surface area contributed by atoms with Crippen LogP contribution in [0.1, 0.15) is 19.3 Å². The third kappa shape index (κ3) is 4.04. The molecular weight excluding hydrogens is 416 g/mol. The zero-order chi connectivity index (χ0) is 21.4. The van der Waals surface area contributed by atoms with E-state index in [1.807, 2.05) is 11.1 Å². The predicted octanol–water partition coefficient (Wildman–Crippen LogP) is 2.49. The van der Waals surface area contributed by atoms with Crippen molar-refractivity contribution in [2.45, 2.75) is 19.3 Å². The molecule has 3 aliphatic rings. The SMILES string of the molecule is COc1ncc(N2CCN(C)CC2)c2sc(NC(=O)N3CCC4(CCOCC4)C3)nc12. The minimum absolute atomic E-state index is 0.0736. The zero-order valence-electron chi connectivity index (χ0n) is 18.2. The number of anilines is 2. The van der Waals surface area contributed by atoms with Crippen LogP contribution >= 0.6 is 11.3 Å². The van der Waals surface area contributed by atoms with Gasteiger partial charge in [-0.25, -0.2) is 14.8 Å². The van der Waals surface area contributed by atoms with Crippen molar-refractivity contribution in [3.05, 3.63) is 6.20 Å². The van der Waals surface area contributed by atoms with E-state index in [1.54, 1.807) is 7.11 Å². The van der Waals surface area contributed by atoms with Crippen LogP contribution in [0.3, 0.4) is 0 Å². The van der Waals surface area contributed by atoms with E-state index in [9.17, 15) is 4.79 Å². The van der Waals surface area contributed by atoms with E-state index in [0.29, 0.717) is 16.5 Å². The quantitative estimate of drug-likeness (QED) is 0.776. The first-order valence-corrected chi connectivity index (χ1v) is 11.8. The Morgan fingerprint density at radius 1 is 1.19 bits per heavy atom. The summed E-state index contributed by atoms with van der Waals surface area (Å²) in [6.45, 7) is 7.09. The highest BCUT2D eigenvalue weighted by molar-refractivity contribution is 7.23. The summed E-state index contributed by atoms with van der Waals surface area (Å²) in [5.74, 6) is 0.493. The Kier molecular flexibility index (Phi) is 5.61. The van der Waals surface area contributed by atoms with E-state index in [2.05, 4.69) is 32.1 Å². The molecular formula is C21H30N6O3S. The Bertz CT molecular complexity index is 952. The lowest BCUT2D eigenvalue weighted by molar-refractivity contribution is 0.0211. The van der Waals surface area contributed by atoms with Crippen LogP contribution in [0.4, 0.5) is 15.6 Å². The summed E-state index contributed by atoms with van der Waals surface area (Å²) in [5.41, 5.74) is 2.00. The second kappa shape index (κ2) is 8.40. The van der Waals surface area contributed by atoms with Gasteiger partial charge >= 0.3 is 6.03 Å². The van der Waals surface area contributed by atoms with Crippen molar-refractivity contribution >= 4 is 38.4 Å². The van der Waals surface area contributed by atoms with Gasteiger partial charge in [0.25, 0.3) is 0 Å². The number of rotatable bonds is 3. The van der Waals surface area contributed by atoms with Gasteiger partial charge in [-0.1, -0.05) is 11.3 Å². The highest BCUT2D eigenvalue weighted by Crippen LogP contribution is 2.41. The molecule has 3 fully saturated rings. The summed E-state index contributed by atoms with van der Waals surface area (Å²) >= 11 is 1.50. The van der Waals surface area contributed by atoms with Crippen LogP contribution in [0.15, 0.2) is 6.20 Å². The summed E-state index contributed by atoms with van der Waals surface area (Å²) < 4.78 is 12.0. The number of nitrogens with zero attached hydrogens (tertiary/aromatic N) is 5. The number of likely N-dealkylation sites (N-methyl/N-ethyl adjacent to an activating group) is 1. The van der Waals surface area contributed by atoms with Crippen molar-refractivity contribution in [3.8, 4) is 5.88 Å². The molecule has 3 saturated heterocycles. The Balaban J connectivity index is 1.35. The molecule has 0 aromatic carbocycles. The fourth-order valence-electron chi connectivity index (χ4n) is 4.85. The first kappa shape index (κ1) is 20.7. The van der Waals surface area contributed by atoms with Crippen molar-refractivity contribution in [2.75, 3.05) is 76.9 Å². The van der Waals surface area contributed by atoms with Gasteiger partial charge in [-0.05, 0) is 31.7 Å². The third-order valence-corrected chi connectivity index (χ3v) is 7.89. The minimum Gasteiger partial charge on any atom is -0.479 e. The van der Waals surface area contributed by atoms with Gasteiger partial charge in [0.2, 0.25) is 5.88 Å². The number of thiazole rings is 1. The van der Waals surface area contributed by atoms with Crippen molar-refractivity contribution in [1.29, 1.82) is 0 Å². The normalized spacial score (nSPS) is 21.7. The number of urea groups is 1. The van der Waals surface area contributed by atoms with E-state index in [0.717, 1.165) is 82.1 Å². The third-order valence-electron chi connectivity index (χ3n) is 6.90. The van der Waals surface area contributed by atoms with Crippen LogP contribution in [0, 0.1) is 5.41 Å². The number of hydrogen-bond donors (Lipinski definition) is 1. The first-order chi connectivity index (χ1) is 15.1. The molecule has 0 bridgehead atoms. The Hall–Kier alpha value is -2.17. The van der Waals surface area contributed by atoms with Gasteiger partial charge in [-0.3, -0.25) is 5.32 Å². The molecule has 2 aromatic heterocycles. The minimum atomic E-state index is -0.0736. The molecule has 168 valence electrons. The lowest BCUT2D eigenvalue weighted by Gasteiger charge is -2.34. The molecule has 1 spiro atoms. The fraction of sp³-hybridized carbons (Fsp3) is 0.667. The monoisotopic (exact) mass is 446 g/mol. The number of likely N-dealkylation sites (tertiary alicyclic amines) is 1. The number of hydrogen-bond acceptors (Lipinski definition) is 8. The van der Waals surface area contributed by atoms with Gasteiger partial charge in [0, 0.05) is 52.5 Å². The van der Waals surface area contributed by atoms with E-state index < -0.39 is 0 Å². The summed E-state index contributed by atoms with van der Waals surface area (Å²) in [7, 11) is 3.74. The van der Waals surface area contributed by atoms with Crippen LogP contribution in [-0.4, -0.2) is 92.4 Å². The van der Waals surface area contributed by atoms with Crippen LogP contribution < -0.4 is 15.0 Å². The first-order valence-electron chi connectivity index (χ1n) is 11.0. The van der Waals surface area contributed by atoms with Crippen molar-refractivity contribution in [2.24, 2.45) is 5.41 Å². The molecule has 2 aromatic rings. The Labute approximate surface area is 186 Å². The number of ether oxygens (including phenoxy) is 2. The number of nitrogens with one attached hydrogen (secondary N) is 1. The van der Waals surface area contributed by atoms with Crippen LogP contribution in [-0.2, 0) is 4.74 Å². The molecule has 0 unspecified atom stereocenters. The summed E-state index contributed by atoms with van der Waals surface area (Å²) in [4.78, 5) is 28.7. The largest absolute Gasteiger partial charge is 0.479 e. The number of amides is 2. The fourth-order valence-corrected chi connectivity index (χ4v) is 5.83. The maximum atomic E-state index is 13.0. The molecule has 3 aliphatic heterocycles. The molecule has 31 heavy (non-hydrogen) atoms. The molecule has 1 N–H and O–H groups in total. The highest BCUT2D eigenvalue weighted by atomic mass is 32.1. The number of piperazine rings is 1. The Morgan fingerprint density at radius 3 is 2.71 bits per heavy atom. The summed E-state index contributed by atoms with van der Waals surface area (Å²) in [5, 5.41) is 3.63. The van der Waals surface area contributed by atoms with Gasteiger partial charge in [-0.2, -0.15) is 0 Å². The maximum Gasteiger partial charge on any atom is 0.323 e. The molecule has 9 nitrogen and oxygen atoms in total. The average molecular weight is 447 g/mol. The molecule has 10 heteroatoms. The highest BCUT2D eigenvalue weighted by Gasteiger charge is 2.41. The number of fused-ring (bicyclic) bond motifs is 1. The van der Waals surface area contributed by atoms with E-state index in [4.69, 9.17) is 9.47 Å². The standard InChI is InChI=1S/C21H30N6O3S/c1-25-7-9-26(10-8-25)15-13-22-18(29-2)16-17(15)31-19(23-16)24-20(28)27-6-3-21(14-27)4-11-30-12-5-21/h13H,3-12,14H2,1-2H3,(H,23,24,28). The molecule has 5 rings (SSSR count). The second-order valence-corrected chi connectivity index (χ2v) is 9.85. The number of carbonyl (C=O) groups excluding carboxylic acids is 1. The average Bonchev–Trinajstić information content (AvgIpc) is 3.39. The topological polar surface area (TPSA) is 83.1 Å². The van der Waals surface area contributed by atoms with E-state index in [-0.39, 0.29) is 11.4 Å². The number of methoxy groups -OCH3 is 1. The lowest BCUT2D eigenvalue weighted by Crippen LogP contribution is -2.44. The lowest BCUT2D eigenvalue weighted by atomic mass is 9.80. The van der Waals surface area contributed by atoms with Gasteiger partial charge < -0.3 is 24.2 Å². The van der Waals surface area contributed by atoms with E-state index >= 15 is 0 Å². The maximum absolute atomic E-state index is 13.0. The van der Waals surface area contributed by atoms with Gasteiger partial charge in [0.05, 0.1) is 23.7 Å². The van der Waals surface area contributed by atoms with Crippen molar-refractivity contribution < 1.29 is 14.3 Å². The molecule has 0 aliphatic carbocycles. The number of aromatic nitrogens is 2. The van der Waals surface area contributed by atoms with Crippen LogP contribution in [0.25, 0.3) is 10.2 Å².